The molecule has 7 nitrogen and oxygen atoms in total. The first kappa shape index (κ1) is 18.5. The first-order valence-corrected chi connectivity index (χ1v) is 6.92. The molecule has 1 rings (SSSR count). The Bertz CT molecular complexity index is 553. The van der Waals surface area contributed by atoms with Gasteiger partial charge in [-0.05, 0) is 17.7 Å². The van der Waals surface area contributed by atoms with Gasteiger partial charge >= 0.3 is 17.9 Å². The fourth-order valence-corrected chi connectivity index (χ4v) is 1.93. The number of benzene rings is 1. The first-order chi connectivity index (χ1) is 10.8. The predicted molar refractivity (Wildman–Crippen MR) is 79.4 cm³/mol. The molecule has 0 saturated carbocycles. The van der Waals surface area contributed by atoms with Crippen LogP contribution >= 0.6 is 0 Å². The average molecular weight is 324 g/mol. The van der Waals surface area contributed by atoms with E-state index in [2.05, 4.69) is 0 Å². The van der Waals surface area contributed by atoms with E-state index in [0.717, 1.165) is 0 Å². The highest BCUT2D eigenvalue weighted by Crippen LogP contribution is 2.28. The van der Waals surface area contributed by atoms with Gasteiger partial charge in [-0.25, -0.2) is 0 Å². The molecule has 0 N–H and O–H groups in total. The van der Waals surface area contributed by atoms with Crippen molar-refractivity contribution in [1.82, 2.24) is 0 Å². The van der Waals surface area contributed by atoms with Crippen molar-refractivity contribution in [1.29, 1.82) is 0 Å². The van der Waals surface area contributed by atoms with E-state index >= 15 is 0 Å². The van der Waals surface area contributed by atoms with Crippen LogP contribution in [0.1, 0.15) is 37.5 Å². The molecule has 1 aromatic rings. The number of esters is 3. The minimum Gasteiger partial charge on any atom is -0.496 e. The van der Waals surface area contributed by atoms with E-state index in [4.69, 9.17) is 18.9 Å². The first-order valence-electron chi connectivity index (χ1n) is 6.92. The molecule has 23 heavy (non-hydrogen) atoms. The van der Waals surface area contributed by atoms with Crippen molar-refractivity contribution in [2.45, 2.75) is 40.6 Å². The number of hydrogen-bond donors (Lipinski definition) is 0. The summed E-state index contributed by atoms with van der Waals surface area (Å²) in [5.74, 6) is -0.819. The fraction of sp³-hybridized carbons (Fsp3) is 0.438. The highest BCUT2D eigenvalue weighted by molar-refractivity contribution is 5.67. The minimum atomic E-state index is -0.432. The van der Waals surface area contributed by atoms with Crippen LogP contribution in [-0.4, -0.2) is 25.0 Å². The summed E-state index contributed by atoms with van der Waals surface area (Å²) in [4.78, 5) is 33.0. The summed E-state index contributed by atoms with van der Waals surface area (Å²) in [5.41, 5.74) is 1.86. The van der Waals surface area contributed by atoms with E-state index in [1.807, 2.05) is 0 Å². The van der Waals surface area contributed by atoms with Crippen LogP contribution in [0.15, 0.2) is 12.1 Å². The Labute approximate surface area is 134 Å². The second-order valence-electron chi connectivity index (χ2n) is 4.79. The van der Waals surface area contributed by atoms with Gasteiger partial charge in [-0.1, -0.05) is 0 Å². The summed E-state index contributed by atoms with van der Waals surface area (Å²) in [7, 11) is 1.47. The van der Waals surface area contributed by atoms with E-state index in [1.165, 1.54) is 27.9 Å². The van der Waals surface area contributed by atoms with Crippen molar-refractivity contribution in [3.63, 3.8) is 0 Å². The Morgan fingerprint density at radius 3 is 1.52 bits per heavy atom. The smallest absolute Gasteiger partial charge is 0.302 e. The lowest BCUT2D eigenvalue weighted by molar-refractivity contribution is -0.143. The molecule has 7 heteroatoms. The SMILES string of the molecule is COc1c(COC(C)=O)cc(COC(C)=O)cc1COC(C)=O. The summed E-state index contributed by atoms with van der Waals surface area (Å²) in [6.07, 6.45) is 0. The molecule has 0 spiro atoms. The molecule has 0 aliphatic carbocycles. The Balaban J connectivity index is 3.13. The maximum atomic E-state index is 11.0. The zero-order chi connectivity index (χ0) is 17.4. The van der Waals surface area contributed by atoms with Crippen LogP contribution in [-0.2, 0) is 48.4 Å². The Morgan fingerprint density at radius 2 is 1.17 bits per heavy atom. The van der Waals surface area contributed by atoms with Gasteiger partial charge in [0.15, 0.2) is 0 Å². The van der Waals surface area contributed by atoms with E-state index < -0.39 is 17.9 Å². The van der Waals surface area contributed by atoms with Crippen molar-refractivity contribution in [3.8, 4) is 5.75 Å². The number of carbonyl (C=O) groups is 3. The molecular formula is C16H20O7. The summed E-state index contributed by atoms with van der Waals surface area (Å²) in [6.45, 7) is 3.96. The second kappa shape index (κ2) is 8.77. The van der Waals surface area contributed by atoms with Crippen LogP contribution in [0, 0.1) is 0 Å². The molecule has 0 aromatic heterocycles. The summed E-state index contributed by atoms with van der Waals surface area (Å²) < 4.78 is 20.3. The van der Waals surface area contributed by atoms with Crippen LogP contribution in [0.4, 0.5) is 0 Å². The third-order valence-electron chi connectivity index (χ3n) is 2.81. The molecular weight excluding hydrogens is 304 g/mol. The molecule has 0 radical (unpaired) electrons. The Morgan fingerprint density at radius 1 is 0.783 bits per heavy atom. The van der Waals surface area contributed by atoms with Crippen molar-refractivity contribution in [2.75, 3.05) is 7.11 Å². The monoisotopic (exact) mass is 324 g/mol. The highest BCUT2D eigenvalue weighted by Gasteiger charge is 2.15. The molecule has 0 amide bonds. The maximum Gasteiger partial charge on any atom is 0.302 e. The van der Waals surface area contributed by atoms with Gasteiger partial charge in [-0.15, -0.1) is 0 Å². The lowest BCUT2D eigenvalue weighted by atomic mass is 10.0. The van der Waals surface area contributed by atoms with Gasteiger partial charge in [0.05, 0.1) is 7.11 Å². The van der Waals surface area contributed by atoms with Crippen LogP contribution in [0.3, 0.4) is 0 Å². The minimum absolute atomic E-state index is 0.000506. The Kier molecular flexibility index (Phi) is 7.05. The fourth-order valence-electron chi connectivity index (χ4n) is 1.93. The topological polar surface area (TPSA) is 88.1 Å². The van der Waals surface area contributed by atoms with E-state index in [9.17, 15) is 14.4 Å². The van der Waals surface area contributed by atoms with Crippen LogP contribution < -0.4 is 4.74 Å². The van der Waals surface area contributed by atoms with Gasteiger partial charge < -0.3 is 18.9 Å². The molecule has 0 atom stereocenters. The standard InChI is InChI=1S/C16H20O7/c1-10(17)21-7-13-5-14(8-22-11(2)18)16(20-4)15(6-13)9-23-12(3)19/h5-6H,7-9H2,1-4H3. The quantitative estimate of drug-likeness (QED) is 0.559. The van der Waals surface area contributed by atoms with Gasteiger partial charge in [-0.3, -0.25) is 14.4 Å². The molecule has 0 saturated heterocycles. The maximum absolute atomic E-state index is 11.0. The molecule has 126 valence electrons. The lowest BCUT2D eigenvalue weighted by Gasteiger charge is -2.16. The van der Waals surface area contributed by atoms with Crippen LogP contribution in [0.2, 0.25) is 0 Å². The third-order valence-corrected chi connectivity index (χ3v) is 2.81. The van der Waals surface area contributed by atoms with Crippen molar-refractivity contribution >= 4 is 17.9 Å². The number of methoxy groups -OCH3 is 1. The summed E-state index contributed by atoms with van der Waals surface area (Å²) in [5, 5.41) is 0. The number of ether oxygens (including phenoxy) is 4. The lowest BCUT2D eigenvalue weighted by Crippen LogP contribution is -2.08. The molecule has 0 unspecified atom stereocenters. The average Bonchev–Trinajstić information content (AvgIpc) is 2.48. The van der Waals surface area contributed by atoms with Gasteiger partial charge in [0, 0.05) is 31.9 Å². The Hall–Kier alpha value is -2.57. The van der Waals surface area contributed by atoms with E-state index in [1.54, 1.807) is 12.1 Å². The number of hydrogen-bond acceptors (Lipinski definition) is 7. The van der Waals surface area contributed by atoms with Crippen LogP contribution in [0.25, 0.3) is 0 Å². The summed E-state index contributed by atoms with van der Waals surface area (Å²) >= 11 is 0. The molecule has 0 heterocycles. The molecule has 0 bridgehead atoms. The predicted octanol–water partition coefficient (Wildman–Crippen LogP) is 1.88. The van der Waals surface area contributed by atoms with E-state index in [-0.39, 0.29) is 19.8 Å². The zero-order valence-electron chi connectivity index (χ0n) is 13.6. The third kappa shape index (κ3) is 6.37. The van der Waals surface area contributed by atoms with E-state index in [0.29, 0.717) is 22.4 Å². The van der Waals surface area contributed by atoms with Gasteiger partial charge in [0.25, 0.3) is 0 Å². The van der Waals surface area contributed by atoms with Gasteiger partial charge in [-0.2, -0.15) is 0 Å². The molecule has 0 aliphatic heterocycles. The molecule has 0 aliphatic rings. The van der Waals surface area contributed by atoms with Crippen molar-refractivity contribution in [2.24, 2.45) is 0 Å². The van der Waals surface area contributed by atoms with Crippen LogP contribution in [0.5, 0.6) is 5.75 Å². The van der Waals surface area contributed by atoms with Crippen molar-refractivity contribution < 1.29 is 33.3 Å². The summed E-state index contributed by atoms with van der Waals surface area (Å²) in [6, 6.07) is 3.42. The zero-order valence-corrected chi connectivity index (χ0v) is 13.6. The number of rotatable bonds is 7. The van der Waals surface area contributed by atoms with Crippen molar-refractivity contribution in [3.05, 3.63) is 28.8 Å². The molecule has 0 fully saturated rings. The van der Waals surface area contributed by atoms with Gasteiger partial charge in [0.2, 0.25) is 0 Å². The normalized spacial score (nSPS) is 9.91. The second-order valence-corrected chi connectivity index (χ2v) is 4.79. The largest absolute Gasteiger partial charge is 0.496 e. The molecule has 1 aromatic carbocycles. The van der Waals surface area contributed by atoms with Gasteiger partial charge in [0.1, 0.15) is 25.6 Å². The highest BCUT2D eigenvalue weighted by atomic mass is 16.5. The number of carbonyl (C=O) groups excluding carboxylic acids is 3.